The van der Waals surface area contributed by atoms with Gasteiger partial charge in [-0.3, -0.25) is 0 Å². The van der Waals surface area contributed by atoms with Crippen LogP contribution in [-0.2, 0) is 14.3 Å². The van der Waals surface area contributed by atoms with Crippen LogP contribution in [-0.4, -0.2) is 37.0 Å². The molecular weight excluding hydrogens is 232 g/mol. The highest BCUT2D eigenvalue weighted by Crippen LogP contribution is 2.01. The Kier molecular flexibility index (Phi) is 6.76. The lowest BCUT2D eigenvalue weighted by Crippen LogP contribution is -2.29. The van der Waals surface area contributed by atoms with Crippen molar-refractivity contribution < 1.29 is 19.4 Å². The van der Waals surface area contributed by atoms with E-state index in [1.54, 1.807) is 6.92 Å². The number of aliphatic carboxylic acids is 1. The molecule has 0 bridgehead atoms. The molecule has 1 aromatic carbocycles. The fourth-order valence-corrected chi connectivity index (χ4v) is 1.38. The summed E-state index contributed by atoms with van der Waals surface area (Å²) in [5.41, 5.74) is 1.08. The Bertz CT molecular complexity index is 373. The predicted octanol–water partition coefficient (Wildman–Crippen LogP) is 2.21. The third kappa shape index (κ3) is 5.61. The lowest BCUT2D eigenvalue weighted by molar-refractivity contribution is -0.153. The Morgan fingerprint density at radius 2 is 2.11 bits per heavy atom. The molecule has 0 fully saturated rings. The van der Waals surface area contributed by atoms with Gasteiger partial charge in [0.05, 0.1) is 13.2 Å². The minimum absolute atomic E-state index is 0.0578. The van der Waals surface area contributed by atoms with E-state index in [1.807, 2.05) is 42.5 Å². The molecule has 0 aliphatic rings. The summed E-state index contributed by atoms with van der Waals surface area (Å²) in [5.74, 6) is -0.996. The number of carboxylic acid groups (broad SMARTS) is 1. The van der Waals surface area contributed by atoms with E-state index in [1.165, 1.54) is 0 Å². The van der Waals surface area contributed by atoms with Crippen molar-refractivity contribution in [3.63, 3.8) is 0 Å². The van der Waals surface area contributed by atoms with Crippen LogP contribution >= 0.6 is 0 Å². The van der Waals surface area contributed by atoms with Crippen molar-refractivity contribution in [3.05, 3.63) is 42.0 Å². The highest BCUT2D eigenvalue weighted by atomic mass is 16.5. The molecule has 0 amide bonds. The van der Waals surface area contributed by atoms with Crippen molar-refractivity contribution >= 4 is 12.0 Å². The van der Waals surface area contributed by atoms with Crippen LogP contribution in [0.15, 0.2) is 36.4 Å². The van der Waals surface area contributed by atoms with Crippen molar-refractivity contribution in [1.82, 2.24) is 0 Å². The number of rotatable bonds is 8. The zero-order chi connectivity index (χ0) is 13.2. The lowest BCUT2D eigenvalue weighted by atomic mass is 10.2. The standard InChI is InChI=1S/C14H18O4/c1-2-18-13(14(15)16)11-17-10-6-9-12-7-4-3-5-8-12/h3-9,13H,2,10-11H2,1H3,(H,15,16). The first-order chi connectivity index (χ1) is 8.74. The summed E-state index contributed by atoms with van der Waals surface area (Å²) in [6.07, 6.45) is 2.89. The first kappa shape index (κ1) is 14.4. The molecule has 1 atom stereocenters. The van der Waals surface area contributed by atoms with E-state index in [0.29, 0.717) is 13.2 Å². The Morgan fingerprint density at radius 1 is 1.39 bits per heavy atom. The topological polar surface area (TPSA) is 55.8 Å². The predicted molar refractivity (Wildman–Crippen MR) is 69.3 cm³/mol. The molecule has 1 N–H and O–H groups in total. The molecule has 0 saturated heterocycles. The van der Waals surface area contributed by atoms with E-state index in [-0.39, 0.29) is 6.61 Å². The molecule has 1 aromatic rings. The average molecular weight is 250 g/mol. The normalized spacial score (nSPS) is 12.7. The lowest BCUT2D eigenvalue weighted by Gasteiger charge is -2.11. The molecule has 0 saturated carbocycles. The summed E-state index contributed by atoms with van der Waals surface area (Å²) in [7, 11) is 0. The molecule has 18 heavy (non-hydrogen) atoms. The summed E-state index contributed by atoms with van der Waals surface area (Å²) in [6, 6.07) is 9.83. The summed E-state index contributed by atoms with van der Waals surface area (Å²) >= 11 is 0. The van der Waals surface area contributed by atoms with E-state index < -0.39 is 12.1 Å². The van der Waals surface area contributed by atoms with Crippen LogP contribution < -0.4 is 0 Å². The maximum absolute atomic E-state index is 10.8. The van der Waals surface area contributed by atoms with Gasteiger partial charge in [0.2, 0.25) is 0 Å². The van der Waals surface area contributed by atoms with Crippen LogP contribution in [0.25, 0.3) is 6.08 Å². The molecule has 1 rings (SSSR count). The molecule has 0 radical (unpaired) electrons. The van der Waals surface area contributed by atoms with Crippen molar-refractivity contribution in [2.24, 2.45) is 0 Å². The van der Waals surface area contributed by atoms with E-state index in [2.05, 4.69) is 0 Å². The first-order valence-corrected chi connectivity index (χ1v) is 5.87. The zero-order valence-corrected chi connectivity index (χ0v) is 10.4. The SMILES string of the molecule is CCOC(COCC=Cc1ccccc1)C(=O)O. The minimum atomic E-state index is -0.996. The maximum Gasteiger partial charge on any atom is 0.335 e. The van der Waals surface area contributed by atoms with E-state index in [4.69, 9.17) is 14.6 Å². The second-order valence-corrected chi connectivity index (χ2v) is 3.63. The Morgan fingerprint density at radius 3 is 2.72 bits per heavy atom. The molecule has 98 valence electrons. The third-order valence-electron chi connectivity index (χ3n) is 2.24. The van der Waals surface area contributed by atoms with Crippen LogP contribution in [0.2, 0.25) is 0 Å². The van der Waals surface area contributed by atoms with Gasteiger partial charge in [-0.15, -0.1) is 0 Å². The van der Waals surface area contributed by atoms with Gasteiger partial charge < -0.3 is 14.6 Å². The van der Waals surface area contributed by atoms with Crippen LogP contribution in [0.5, 0.6) is 0 Å². The van der Waals surface area contributed by atoms with Gasteiger partial charge in [-0.1, -0.05) is 42.5 Å². The van der Waals surface area contributed by atoms with Gasteiger partial charge in [-0.2, -0.15) is 0 Å². The van der Waals surface area contributed by atoms with Gasteiger partial charge in [0, 0.05) is 6.61 Å². The molecule has 4 nitrogen and oxygen atoms in total. The number of hydrogen-bond donors (Lipinski definition) is 1. The van der Waals surface area contributed by atoms with E-state index in [9.17, 15) is 4.79 Å². The number of hydrogen-bond acceptors (Lipinski definition) is 3. The molecule has 0 heterocycles. The number of carbonyl (C=O) groups is 1. The van der Waals surface area contributed by atoms with Crippen LogP contribution in [0, 0.1) is 0 Å². The van der Waals surface area contributed by atoms with Crippen molar-refractivity contribution in [3.8, 4) is 0 Å². The van der Waals surface area contributed by atoms with Crippen LogP contribution in [0.1, 0.15) is 12.5 Å². The van der Waals surface area contributed by atoms with Gasteiger partial charge in [-0.05, 0) is 12.5 Å². The van der Waals surface area contributed by atoms with Crippen LogP contribution in [0.3, 0.4) is 0 Å². The van der Waals surface area contributed by atoms with Gasteiger partial charge in [0.25, 0.3) is 0 Å². The van der Waals surface area contributed by atoms with Crippen molar-refractivity contribution in [2.75, 3.05) is 19.8 Å². The number of ether oxygens (including phenoxy) is 2. The number of benzene rings is 1. The summed E-state index contributed by atoms with van der Waals surface area (Å²) < 4.78 is 10.3. The molecule has 1 unspecified atom stereocenters. The fourth-order valence-electron chi connectivity index (χ4n) is 1.38. The maximum atomic E-state index is 10.8. The van der Waals surface area contributed by atoms with E-state index in [0.717, 1.165) is 5.56 Å². The highest BCUT2D eigenvalue weighted by molar-refractivity contribution is 5.72. The van der Waals surface area contributed by atoms with Crippen LogP contribution in [0.4, 0.5) is 0 Å². The molecule has 4 heteroatoms. The Balaban J connectivity index is 2.25. The zero-order valence-electron chi connectivity index (χ0n) is 10.4. The second kappa shape index (κ2) is 8.44. The quantitative estimate of drug-likeness (QED) is 0.719. The Hall–Kier alpha value is -1.65. The van der Waals surface area contributed by atoms with Gasteiger partial charge >= 0.3 is 5.97 Å². The first-order valence-electron chi connectivity index (χ1n) is 5.87. The smallest absolute Gasteiger partial charge is 0.335 e. The third-order valence-corrected chi connectivity index (χ3v) is 2.24. The summed E-state index contributed by atoms with van der Waals surface area (Å²) in [4.78, 5) is 10.8. The highest BCUT2D eigenvalue weighted by Gasteiger charge is 2.16. The molecule has 0 aromatic heterocycles. The molecule has 0 spiro atoms. The summed E-state index contributed by atoms with van der Waals surface area (Å²) in [6.45, 7) is 2.54. The van der Waals surface area contributed by atoms with Gasteiger partial charge in [-0.25, -0.2) is 4.79 Å². The molecular formula is C14H18O4. The Labute approximate surface area is 107 Å². The van der Waals surface area contributed by atoms with Gasteiger partial charge in [0.1, 0.15) is 0 Å². The van der Waals surface area contributed by atoms with Gasteiger partial charge in [0.15, 0.2) is 6.10 Å². The van der Waals surface area contributed by atoms with E-state index >= 15 is 0 Å². The largest absolute Gasteiger partial charge is 0.479 e. The molecule has 0 aliphatic carbocycles. The van der Waals surface area contributed by atoms with Crippen molar-refractivity contribution in [1.29, 1.82) is 0 Å². The average Bonchev–Trinajstić information content (AvgIpc) is 2.38. The fraction of sp³-hybridized carbons (Fsp3) is 0.357. The second-order valence-electron chi connectivity index (χ2n) is 3.63. The minimum Gasteiger partial charge on any atom is -0.479 e. The summed E-state index contributed by atoms with van der Waals surface area (Å²) in [5, 5.41) is 8.82. The number of carboxylic acids is 1. The van der Waals surface area contributed by atoms with Crippen molar-refractivity contribution in [2.45, 2.75) is 13.0 Å². The monoisotopic (exact) mass is 250 g/mol. The molecule has 0 aliphatic heterocycles.